The van der Waals surface area contributed by atoms with Crippen LogP contribution in [0, 0.1) is 25.2 Å². The number of ketones is 1. The average Bonchev–Trinajstić information content (AvgIpc) is 2.41. The largest absolute Gasteiger partial charge is 0.293 e. The van der Waals surface area contributed by atoms with Crippen LogP contribution in [0.25, 0.3) is 0 Å². The Morgan fingerprint density at radius 2 is 2.11 bits per heavy atom. The summed E-state index contributed by atoms with van der Waals surface area (Å²) in [5.41, 5.74) is 2.91. The Hall–Kier alpha value is -1.66. The van der Waals surface area contributed by atoms with Gasteiger partial charge in [-0.05, 0) is 38.9 Å². The van der Waals surface area contributed by atoms with Crippen molar-refractivity contribution in [3.8, 4) is 6.07 Å². The summed E-state index contributed by atoms with van der Waals surface area (Å²) >= 11 is 0. The minimum atomic E-state index is -0.182. The van der Waals surface area contributed by atoms with Gasteiger partial charge in [-0.2, -0.15) is 5.26 Å². The summed E-state index contributed by atoms with van der Waals surface area (Å²) in [6, 6.07) is 7.91. The first-order valence-corrected chi connectivity index (χ1v) is 6.73. The lowest BCUT2D eigenvalue weighted by Gasteiger charge is -2.26. The van der Waals surface area contributed by atoms with Crippen molar-refractivity contribution >= 4 is 5.78 Å². The van der Waals surface area contributed by atoms with Gasteiger partial charge in [0.2, 0.25) is 0 Å². The van der Waals surface area contributed by atoms with Crippen LogP contribution in [0.5, 0.6) is 0 Å². The monoisotopic (exact) mass is 258 g/mol. The molecule has 0 N–H and O–H groups in total. The highest BCUT2D eigenvalue weighted by atomic mass is 16.1. The van der Waals surface area contributed by atoms with E-state index < -0.39 is 0 Å². The van der Waals surface area contributed by atoms with Crippen LogP contribution in [0.4, 0.5) is 0 Å². The number of benzene rings is 1. The number of carbonyl (C=O) groups excluding carboxylic acids is 1. The van der Waals surface area contributed by atoms with E-state index in [4.69, 9.17) is 5.26 Å². The fraction of sp³-hybridized carbons (Fsp3) is 0.500. The van der Waals surface area contributed by atoms with Crippen molar-refractivity contribution in [2.75, 3.05) is 13.1 Å². The minimum Gasteiger partial charge on any atom is -0.293 e. The first-order chi connectivity index (χ1) is 9.01. The van der Waals surface area contributed by atoms with Crippen LogP contribution >= 0.6 is 0 Å². The molecule has 1 unspecified atom stereocenters. The van der Waals surface area contributed by atoms with E-state index in [9.17, 15) is 4.79 Å². The maximum Gasteiger partial charge on any atom is 0.179 e. The molecule has 0 aromatic heterocycles. The third-order valence-corrected chi connectivity index (χ3v) is 3.50. The lowest BCUT2D eigenvalue weighted by Crippen LogP contribution is -2.39. The summed E-state index contributed by atoms with van der Waals surface area (Å²) in [4.78, 5) is 14.6. The van der Waals surface area contributed by atoms with Gasteiger partial charge in [0.25, 0.3) is 0 Å². The van der Waals surface area contributed by atoms with E-state index in [2.05, 4.69) is 6.07 Å². The molecule has 1 aromatic carbocycles. The predicted octanol–water partition coefficient (Wildman–Crippen LogP) is 3.11. The van der Waals surface area contributed by atoms with Gasteiger partial charge in [0.1, 0.15) is 0 Å². The Bertz CT molecular complexity index is 488. The van der Waals surface area contributed by atoms with Crippen molar-refractivity contribution in [2.45, 2.75) is 40.2 Å². The molecule has 3 nitrogen and oxygen atoms in total. The second kappa shape index (κ2) is 7.06. The Kier molecular flexibility index (Phi) is 5.72. The van der Waals surface area contributed by atoms with Crippen LogP contribution in [0.1, 0.15) is 41.8 Å². The molecule has 0 bridgehead atoms. The molecule has 0 aliphatic carbocycles. The fourth-order valence-corrected chi connectivity index (χ4v) is 2.21. The zero-order chi connectivity index (χ0) is 14.4. The van der Waals surface area contributed by atoms with Crippen molar-refractivity contribution in [2.24, 2.45) is 0 Å². The van der Waals surface area contributed by atoms with Crippen molar-refractivity contribution in [1.29, 1.82) is 5.26 Å². The van der Waals surface area contributed by atoms with E-state index >= 15 is 0 Å². The van der Waals surface area contributed by atoms with Gasteiger partial charge in [0.05, 0.1) is 12.1 Å². The summed E-state index contributed by atoms with van der Waals surface area (Å²) in [5.74, 6) is 0.140. The van der Waals surface area contributed by atoms with E-state index in [1.807, 2.05) is 50.8 Å². The Labute approximate surface area is 115 Å². The van der Waals surface area contributed by atoms with Gasteiger partial charge in [-0.3, -0.25) is 9.69 Å². The van der Waals surface area contributed by atoms with Crippen LogP contribution in [0.2, 0.25) is 0 Å². The Balaban J connectivity index is 2.92. The molecule has 19 heavy (non-hydrogen) atoms. The first-order valence-electron chi connectivity index (χ1n) is 6.73. The maximum atomic E-state index is 12.6. The predicted molar refractivity (Wildman–Crippen MR) is 77.2 cm³/mol. The van der Waals surface area contributed by atoms with Crippen LogP contribution in [0.3, 0.4) is 0 Å². The molecule has 0 aliphatic heterocycles. The molecular weight excluding hydrogens is 236 g/mol. The molecular formula is C16H22N2O. The SMILES string of the molecule is CCN(CCC#N)C(C)C(=O)c1cc(C)ccc1C. The normalized spacial score (nSPS) is 12.2. The molecule has 0 radical (unpaired) electrons. The molecule has 0 saturated heterocycles. The zero-order valence-corrected chi connectivity index (χ0v) is 12.2. The third kappa shape index (κ3) is 3.90. The number of Topliss-reactive ketones (excluding diaryl/α,β-unsaturated/α-hetero) is 1. The second-order valence-electron chi connectivity index (χ2n) is 4.90. The van der Waals surface area contributed by atoms with Crippen molar-refractivity contribution in [3.05, 3.63) is 34.9 Å². The third-order valence-electron chi connectivity index (χ3n) is 3.50. The topological polar surface area (TPSA) is 44.1 Å². The standard InChI is InChI=1S/C16H22N2O/c1-5-18(10-6-9-17)14(4)16(19)15-11-12(2)7-8-13(15)3/h7-8,11,14H,5-6,10H2,1-4H3. The highest BCUT2D eigenvalue weighted by molar-refractivity contribution is 6.01. The molecule has 1 aromatic rings. The summed E-state index contributed by atoms with van der Waals surface area (Å²) < 4.78 is 0. The second-order valence-corrected chi connectivity index (χ2v) is 4.90. The molecule has 0 heterocycles. The highest BCUT2D eigenvalue weighted by Gasteiger charge is 2.22. The van der Waals surface area contributed by atoms with Gasteiger partial charge < -0.3 is 0 Å². The number of hydrogen-bond donors (Lipinski definition) is 0. The highest BCUT2D eigenvalue weighted by Crippen LogP contribution is 2.15. The maximum absolute atomic E-state index is 12.6. The van der Waals surface area contributed by atoms with Crippen LogP contribution in [-0.4, -0.2) is 29.8 Å². The lowest BCUT2D eigenvalue weighted by molar-refractivity contribution is 0.0846. The molecule has 0 saturated carbocycles. The zero-order valence-electron chi connectivity index (χ0n) is 12.2. The van der Waals surface area contributed by atoms with Crippen molar-refractivity contribution in [3.63, 3.8) is 0 Å². The number of rotatable bonds is 6. The lowest BCUT2D eigenvalue weighted by atomic mass is 9.97. The van der Waals surface area contributed by atoms with Crippen LogP contribution < -0.4 is 0 Å². The quantitative estimate of drug-likeness (QED) is 0.736. The van der Waals surface area contributed by atoms with E-state index in [0.717, 1.165) is 23.2 Å². The number of aryl methyl sites for hydroxylation is 2. The first kappa shape index (κ1) is 15.4. The fourth-order valence-electron chi connectivity index (χ4n) is 2.21. The van der Waals surface area contributed by atoms with Gasteiger partial charge in [0.15, 0.2) is 5.78 Å². The number of carbonyl (C=O) groups is 1. The Morgan fingerprint density at radius 3 is 2.68 bits per heavy atom. The number of nitriles is 1. The average molecular weight is 258 g/mol. The molecule has 0 fully saturated rings. The van der Waals surface area contributed by atoms with Crippen LogP contribution in [-0.2, 0) is 0 Å². The minimum absolute atomic E-state index is 0.140. The summed E-state index contributed by atoms with van der Waals surface area (Å²) in [6.45, 7) is 9.32. The molecule has 3 heteroatoms. The van der Waals surface area contributed by atoms with E-state index in [-0.39, 0.29) is 11.8 Å². The summed E-state index contributed by atoms with van der Waals surface area (Å²) in [7, 11) is 0. The van der Waals surface area contributed by atoms with Crippen molar-refractivity contribution in [1.82, 2.24) is 4.90 Å². The number of likely N-dealkylation sites (N-methyl/N-ethyl adjacent to an activating group) is 1. The number of hydrogen-bond acceptors (Lipinski definition) is 3. The van der Waals surface area contributed by atoms with E-state index in [1.54, 1.807) is 0 Å². The van der Waals surface area contributed by atoms with Crippen molar-refractivity contribution < 1.29 is 4.79 Å². The summed E-state index contributed by atoms with van der Waals surface area (Å²) in [5, 5.41) is 8.67. The van der Waals surface area contributed by atoms with E-state index in [0.29, 0.717) is 13.0 Å². The molecule has 0 spiro atoms. The Morgan fingerprint density at radius 1 is 1.42 bits per heavy atom. The molecule has 1 rings (SSSR count). The van der Waals surface area contributed by atoms with Crippen LogP contribution in [0.15, 0.2) is 18.2 Å². The van der Waals surface area contributed by atoms with Gasteiger partial charge in [-0.1, -0.05) is 24.6 Å². The molecule has 0 aliphatic rings. The summed E-state index contributed by atoms with van der Waals surface area (Å²) in [6.07, 6.45) is 0.457. The molecule has 102 valence electrons. The van der Waals surface area contributed by atoms with Gasteiger partial charge in [0, 0.05) is 18.5 Å². The molecule has 0 amide bonds. The number of nitrogens with zero attached hydrogens (tertiary/aromatic N) is 2. The molecule has 1 atom stereocenters. The smallest absolute Gasteiger partial charge is 0.179 e. The van der Waals surface area contributed by atoms with E-state index in [1.165, 1.54) is 0 Å². The van der Waals surface area contributed by atoms with Gasteiger partial charge >= 0.3 is 0 Å². The van der Waals surface area contributed by atoms with Gasteiger partial charge in [-0.15, -0.1) is 0 Å². The van der Waals surface area contributed by atoms with Gasteiger partial charge in [-0.25, -0.2) is 0 Å².